The Morgan fingerprint density at radius 3 is 2.50 bits per heavy atom. The molecule has 0 aromatic carbocycles. The summed E-state index contributed by atoms with van der Waals surface area (Å²) in [5, 5.41) is 0. The molecule has 5 nitrogen and oxygen atoms in total. The summed E-state index contributed by atoms with van der Waals surface area (Å²) in [4.78, 5) is 28.4. The summed E-state index contributed by atoms with van der Waals surface area (Å²) in [5.74, 6) is 1.11. The minimum absolute atomic E-state index is 0.0648. The van der Waals surface area contributed by atoms with Crippen LogP contribution in [0.3, 0.4) is 0 Å². The van der Waals surface area contributed by atoms with Gasteiger partial charge in [0.1, 0.15) is 5.76 Å². The van der Waals surface area contributed by atoms with Gasteiger partial charge in [-0.25, -0.2) is 0 Å². The van der Waals surface area contributed by atoms with E-state index >= 15 is 0 Å². The van der Waals surface area contributed by atoms with Gasteiger partial charge in [0.2, 0.25) is 0 Å². The molecule has 3 rings (SSSR count). The van der Waals surface area contributed by atoms with Crippen LogP contribution in [0.1, 0.15) is 52.5 Å². The van der Waals surface area contributed by atoms with Crippen molar-refractivity contribution in [1.29, 1.82) is 0 Å². The van der Waals surface area contributed by atoms with Crippen LogP contribution in [-0.2, 0) is 6.42 Å². The zero-order valence-corrected chi connectivity index (χ0v) is 13.9. The van der Waals surface area contributed by atoms with Gasteiger partial charge in [-0.3, -0.25) is 9.59 Å². The van der Waals surface area contributed by atoms with Gasteiger partial charge in [-0.05, 0) is 12.3 Å². The molecule has 120 valence electrons. The van der Waals surface area contributed by atoms with Crippen molar-refractivity contribution in [2.24, 2.45) is 5.41 Å². The molecule has 1 fully saturated rings. The monoisotopic (exact) mass is 305 g/mol. The third kappa shape index (κ3) is 2.58. The van der Waals surface area contributed by atoms with Gasteiger partial charge >= 0.3 is 0 Å². The summed E-state index contributed by atoms with van der Waals surface area (Å²) in [6.07, 6.45) is 1.24. The number of furan rings is 1. The largest absolute Gasteiger partial charge is 0.455 e. The molecule has 5 heteroatoms. The number of nitrogens with one attached hydrogen (secondary N) is 1. The van der Waals surface area contributed by atoms with Crippen LogP contribution in [-0.4, -0.2) is 49.8 Å². The standard InChI is InChI=1S/C17H24N2O3/c1-11-14-12(20)9-17(2,3)10-13(14)22-15(11)16(21)19-7-5-18(4)6-8-19/h5-10H2,1-4H3/p+1. The average molecular weight is 305 g/mol. The number of fused-ring (bicyclic) bond motifs is 1. The maximum Gasteiger partial charge on any atom is 0.290 e. The van der Waals surface area contributed by atoms with Crippen molar-refractivity contribution in [3.63, 3.8) is 0 Å². The number of piperazine rings is 1. The molecule has 2 aliphatic rings. The number of carbonyl (C=O) groups excluding carboxylic acids is 2. The first-order chi connectivity index (χ1) is 10.3. The lowest BCUT2D eigenvalue weighted by molar-refractivity contribution is -0.883. The van der Waals surface area contributed by atoms with Gasteiger partial charge in [0, 0.05) is 18.4 Å². The number of quaternary nitrogens is 1. The molecule has 1 aliphatic heterocycles. The number of Topliss-reactive ketones (excluding diaryl/α,β-unsaturated/α-hetero) is 1. The second-order valence-corrected chi connectivity index (χ2v) is 7.54. The van der Waals surface area contributed by atoms with Gasteiger partial charge in [-0.2, -0.15) is 0 Å². The Hall–Kier alpha value is -1.62. The molecule has 1 aromatic heterocycles. The number of likely N-dealkylation sites (N-methyl/N-ethyl adjacent to an activating group) is 1. The lowest BCUT2D eigenvalue weighted by Crippen LogP contribution is -3.12. The summed E-state index contributed by atoms with van der Waals surface area (Å²) >= 11 is 0. The number of nitrogens with zero attached hydrogens (tertiary/aromatic N) is 1. The highest BCUT2D eigenvalue weighted by molar-refractivity contribution is 6.03. The smallest absolute Gasteiger partial charge is 0.290 e. The number of carbonyl (C=O) groups is 2. The quantitative estimate of drug-likeness (QED) is 0.831. The molecular weight excluding hydrogens is 280 g/mol. The van der Waals surface area contributed by atoms with Gasteiger partial charge < -0.3 is 14.2 Å². The Labute approximate surface area is 131 Å². The van der Waals surface area contributed by atoms with Crippen molar-refractivity contribution < 1.29 is 18.9 Å². The third-order valence-corrected chi connectivity index (χ3v) is 4.88. The van der Waals surface area contributed by atoms with Crippen molar-refractivity contribution >= 4 is 11.7 Å². The van der Waals surface area contributed by atoms with E-state index in [1.807, 2.05) is 11.8 Å². The number of rotatable bonds is 1. The number of amides is 1. The van der Waals surface area contributed by atoms with Gasteiger partial charge in [-0.15, -0.1) is 0 Å². The van der Waals surface area contributed by atoms with Crippen LogP contribution in [0.2, 0.25) is 0 Å². The van der Waals surface area contributed by atoms with Gasteiger partial charge in [0.15, 0.2) is 11.5 Å². The molecule has 1 aromatic rings. The molecule has 1 aliphatic carbocycles. The molecule has 0 spiro atoms. The van der Waals surface area contributed by atoms with Crippen molar-refractivity contribution in [1.82, 2.24) is 4.90 Å². The normalized spacial score (nSPS) is 21.8. The Balaban J connectivity index is 1.90. The van der Waals surface area contributed by atoms with Crippen LogP contribution in [0.5, 0.6) is 0 Å². The lowest BCUT2D eigenvalue weighted by atomic mass is 9.76. The molecule has 22 heavy (non-hydrogen) atoms. The molecule has 1 amide bonds. The summed E-state index contributed by atoms with van der Waals surface area (Å²) in [5.41, 5.74) is 1.29. The molecule has 1 N–H and O–H groups in total. The van der Waals surface area contributed by atoms with Crippen molar-refractivity contribution in [3.8, 4) is 0 Å². The minimum Gasteiger partial charge on any atom is -0.455 e. The molecule has 0 unspecified atom stereocenters. The molecule has 0 saturated carbocycles. The van der Waals surface area contributed by atoms with Crippen LogP contribution >= 0.6 is 0 Å². The number of ketones is 1. The van der Waals surface area contributed by atoms with E-state index in [0.29, 0.717) is 23.5 Å². The third-order valence-electron chi connectivity index (χ3n) is 4.88. The first kappa shape index (κ1) is 15.3. The summed E-state index contributed by atoms with van der Waals surface area (Å²) in [6, 6.07) is 0. The fraction of sp³-hybridized carbons (Fsp3) is 0.647. The second kappa shape index (κ2) is 5.23. The Morgan fingerprint density at radius 2 is 1.86 bits per heavy atom. The summed E-state index contributed by atoms with van der Waals surface area (Å²) in [6.45, 7) is 9.37. The Morgan fingerprint density at radius 1 is 1.23 bits per heavy atom. The zero-order valence-electron chi connectivity index (χ0n) is 13.9. The maximum absolute atomic E-state index is 12.7. The van der Waals surface area contributed by atoms with E-state index in [0.717, 1.165) is 38.2 Å². The van der Waals surface area contributed by atoms with E-state index in [4.69, 9.17) is 4.42 Å². The highest BCUT2D eigenvalue weighted by Crippen LogP contribution is 2.38. The summed E-state index contributed by atoms with van der Waals surface area (Å²) in [7, 11) is 2.14. The molecule has 0 bridgehead atoms. The molecular formula is C17H25N2O3+. The predicted octanol–water partition coefficient (Wildman–Crippen LogP) is 0.714. The van der Waals surface area contributed by atoms with E-state index in [-0.39, 0.29) is 17.1 Å². The van der Waals surface area contributed by atoms with E-state index < -0.39 is 0 Å². The lowest BCUT2D eigenvalue weighted by Gasteiger charge is -2.29. The number of hydrogen-bond acceptors (Lipinski definition) is 3. The fourth-order valence-electron chi connectivity index (χ4n) is 3.52. The van der Waals surface area contributed by atoms with Gasteiger partial charge in [-0.1, -0.05) is 13.8 Å². The van der Waals surface area contributed by atoms with E-state index in [9.17, 15) is 9.59 Å². The minimum atomic E-state index is -0.0914. The summed E-state index contributed by atoms with van der Waals surface area (Å²) < 4.78 is 5.87. The average Bonchev–Trinajstić information content (AvgIpc) is 2.74. The number of hydrogen-bond donors (Lipinski definition) is 1. The van der Waals surface area contributed by atoms with Crippen molar-refractivity contribution in [2.45, 2.75) is 33.6 Å². The molecule has 0 radical (unpaired) electrons. The zero-order chi connectivity index (χ0) is 16.1. The topological polar surface area (TPSA) is 55.0 Å². The first-order valence-corrected chi connectivity index (χ1v) is 8.04. The van der Waals surface area contributed by atoms with Crippen molar-refractivity contribution in [3.05, 3.63) is 22.6 Å². The SMILES string of the molecule is Cc1c(C(=O)N2CC[NH+](C)CC2)oc2c1C(=O)CC(C)(C)C2. The molecule has 0 atom stereocenters. The van der Waals surface area contributed by atoms with E-state index in [1.54, 1.807) is 0 Å². The van der Waals surface area contributed by atoms with Crippen LogP contribution < -0.4 is 4.90 Å². The Bertz CT molecular complexity index is 622. The van der Waals surface area contributed by atoms with Crippen LogP contribution in [0.15, 0.2) is 4.42 Å². The van der Waals surface area contributed by atoms with Crippen molar-refractivity contribution in [2.75, 3.05) is 33.2 Å². The van der Waals surface area contributed by atoms with Crippen LogP contribution in [0, 0.1) is 12.3 Å². The second-order valence-electron chi connectivity index (χ2n) is 7.54. The predicted molar refractivity (Wildman–Crippen MR) is 82.4 cm³/mol. The highest BCUT2D eigenvalue weighted by atomic mass is 16.4. The van der Waals surface area contributed by atoms with E-state index in [2.05, 4.69) is 20.9 Å². The van der Waals surface area contributed by atoms with Gasteiger partial charge in [0.25, 0.3) is 5.91 Å². The first-order valence-electron chi connectivity index (χ1n) is 8.04. The molecule has 1 saturated heterocycles. The van der Waals surface area contributed by atoms with Crippen LogP contribution in [0.25, 0.3) is 0 Å². The molecule has 2 heterocycles. The van der Waals surface area contributed by atoms with E-state index in [1.165, 1.54) is 4.90 Å². The fourth-order valence-corrected chi connectivity index (χ4v) is 3.52. The van der Waals surface area contributed by atoms with Crippen LogP contribution in [0.4, 0.5) is 0 Å². The maximum atomic E-state index is 12.7. The highest BCUT2D eigenvalue weighted by Gasteiger charge is 2.38. The van der Waals surface area contributed by atoms with Gasteiger partial charge in [0.05, 0.1) is 38.8 Å². The Kier molecular flexibility index (Phi) is 3.63.